The zero-order valence-electron chi connectivity index (χ0n) is 9.77. The maximum absolute atomic E-state index is 3.88. The quantitative estimate of drug-likeness (QED) is 0.711. The van der Waals surface area contributed by atoms with E-state index < -0.39 is 0 Å². The molecule has 2 unspecified atom stereocenters. The lowest BCUT2D eigenvalue weighted by Gasteiger charge is -2.39. The Labute approximate surface area is 87.7 Å². The number of hydrogen-bond donors (Lipinski definition) is 1. The van der Waals surface area contributed by atoms with E-state index in [0.717, 1.165) is 18.0 Å². The van der Waals surface area contributed by atoms with Gasteiger partial charge in [0.2, 0.25) is 0 Å². The first-order valence-electron chi connectivity index (χ1n) is 6.30. The second kappa shape index (κ2) is 2.55. The van der Waals surface area contributed by atoms with Crippen molar-refractivity contribution in [2.75, 3.05) is 0 Å². The van der Waals surface area contributed by atoms with Gasteiger partial charge in [0.1, 0.15) is 0 Å². The Hall–Kier alpha value is -0.0400. The fourth-order valence-electron chi connectivity index (χ4n) is 3.99. The van der Waals surface area contributed by atoms with Gasteiger partial charge in [-0.2, -0.15) is 0 Å². The van der Waals surface area contributed by atoms with Gasteiger partial charge in [0.25, 0.3) is 0 Å². The monoisotopic (exact) mass is 193 g/mol. The molecule has 0 saturated heterocycles. The number of nitrogens with one attached hydrogen (secondary N) is 1. The second-order valence-corrected chi connectivity index (χ2v) is 6.60. The molecule has 80 valence electrons. The van der Waals surface area contributed by atoms with Gasteiger partial charge in [0.15, 0.2) is 0 Å². The Morgan fingerprint density at radius 1 is 1.07 bits per heavy atom. The molecule has 0 amide bonds. The van der Waals surface area contributed by atoms with Gasteiger partial charge in [-0.05, 0) is 48.9 Å². The third kappa shape index (κ3) is 0.997. The molecule has 3 aliphatic carbocycles. The van der Waals surface area contributed by atoms with Crippen LogP contribution in [0.5, 0.6) is 0 Å². The van der Waals surface area contributed by atoms with Gasteiger partial charge in [-0.3, -0.25) is 0 Å². The zero-order valence-corrected chi connectivity index (χ0v) is 9.77. The molecule has 2 bridgehead atoms. The van der Waals surface area contributed by atoms with Gasteiger partial charge in [0, 0.05) is 12.1 Å². The van der Waals surface area contributed by atoms with Gasteiger partial charge < -0.3 is 5.32 Å². The minimum Gasteiger partial charge on any atom is -0.311 e. The molecule has 3 fully saturated rings. The summed E-state index contributed by atoms with van der Waals surface area (Å²) in [6.07, 6.45) is 7.23. The third-order valence-electron chi connectivity index (χ3n) is 5.81. The van der Waals surface area contributed by atoms with Crippen LogP contribution in [0.3, 0.4) is 0 Å². The highest BCUT2D eigenvalue weighted by atomic mass is 15.0. The first-order chi connectivity index (χ1) is 6.54. The molecule has 0 aromatic carbocycles. The molecule has 1 N–H and O–H groups in total. The van der Waals surface area contributed by atoms with Crippen LogP contribution in [0.1, 0.15) is 52.9 Å². The van der Waals surface area contributed by atoms with Crippen molar-refractivity contribution in [2.24, 2.45) is 16.7 Å². The van der Waals surface area contributed by atoms with E-state index in [0.29, 0.717) is 10.8 Å². The molecule has 0 aromatic heterocycles. The largest absolute Gasteiger partial charge is 0.311 e. The van der Waals surface area contributed by atoms with Crippen LogP contribution in [0.4, 0.5) is 0 Å². The molecule has 0 heterocycles. The van der Waals surface area contributed by atoms with E-state index in [1.54, 1.807) is 0 Å². The number of hydrogen-bond acceptors (Lipinski definition) is 1. The summed E-state index contributed by atoms with van der Waals surface area (Å²) >= 11 is 0. The van der Waals surface area contributed by atoms with Crippen LogP contribution >= 0.6 is 0 Å². The average molecular weight is 193 g/mol. The topological polar surface area (TPSA) is 12.0 Å². The van der Waals surface area contributed by atoms with Crippen molar-refractivity contribution in [1.82, 2.24) is 5.32 Å². The second-order valence-electron chi connectivity index (χ2n) is 6.60. The van der Waals surface area contributed by atoms with Gasteiger partial charge in [0.05, 0.1) is 0 Å². The highest BCUT2D eigenvalue weighted by Gasteiger charge is 2.61. The van der Waals surface area contributed by atoms with E-state index in [1.807, 2.05) is 0 Å². The van der Waals surface area contributed by atoms with Crippen LogP contribution in [0.2, 0.25) is 0 Å². The average Bonchev–Trinajstić information content (AvgIpc) is 2.85. The summed E-state index contributed by atoms with van der Waals surface area (Å²) < 4.78 is 0. The number of rotatable bonds is 2. The van der Waals surface area contributed by atoms with Crippen molar-refractivity contribution in [2.45, 2.75) is 65.0 Å². The van der Waals surface area contributed by atoms with Crippen LogP contribution in [0.15, 0.2) is 0 Å². The first kappa shape index (κ1) is 9.21. The lowest BCUT2D eigenvalue weighted by atomic mass is 9.69. The Morgan fingerprint density at radius 2 is 1.79 bits per heavy atom. The van der Waals surface area contributed by atoms with E-state index in [-0.39, 0.29) is 0 Å². The molecule has 3 rings (SSSR count). The molecular weight excluding hydrogens is 170 g/mol. The summed E-state index contributed by atoms with van der Waals surface area (Å²) in [5.41, 5.74) is 1.17. The van der Waals surface area contributed by atoms with Crippen LogP contribution in [0, 0.1) is 16.7 Å². The molecule has 0 aliphatic heterocycles. The van der Waals surface area contributed by atoms with Crippen molar-refractivity contribution in [3.63, 3.8) is 0 Å². The van der Waals surface area contributed by atoms with E-state index >= 15 is 0 Å². The minimum absolute atomic E-state index is 0.583. The fourth-order valence-corrected chi connectivity index (χ4v) is 3.99. The zero-order chi connectivity index (χ0) is 9.97. The summed E-state index contributed by atoms with van der Waals surface area (Å²) in [5.74, 6) is 0.990. The maximum atomic E-state index is 3.88. The third-order valence-corrected chi connectivity index (χ3v) is 5.81. The molecule has 14 heavy (non-hydrogen) atoms. The lowest BCUT2D eigenvalue weighted by Crippen LogP contribution is -2.45. The molecule has 1 nitrogen and oxygen atoms in total. The Balaban J connectivity index is 1.83. The summed E-state index contributed by atoms with van der Waals surface area (Å²) in [7, 11) is 0. The van der Waals surface area contributed by atoms with Gasteiger partial charge in [-0.25, -0.2) is 0 Å². The normalized spacial score (nSPS) is 49.9. The molecule has 3 aliphatic rings. The smallest absolute Gasteiger partial charge is 0.0131 e. The SMILES string of the molecule is CC1(C)C2CC[C@@]1(C)C(NC1CC1)C2. The van der Waals surface area contributed by atoms with Crippen LogP contribution in [-0.4, -0.2) is 12.1 Å². The highest BCUT2D eigenvalue weighted by molar-refractivity contribution is 5.13. The van der Waals surface area contributed by atoms with E-state index in [9.17, 15) is 0 Å². The van der Waals surface area contributed by atoms with Crippen molar-refractivity contribution >= 4 is 0 Å². The lowest BCUT2D eigenvalue weighted by molar-refractivity contribution is 0.120. The summed E-state index contributed by atoms with van der Waals surface area (Å²) in [6, 6.07) is 1.70. The standard InChI is InChI=1S/C13H23N/c1-12(2)9-6-7-13(12,3)11(8-9)14-10-4-5-10/h9-11,14H,4-8H2,1-3H3/t9?,11?,13-/m0/s1. The van der Waals surface area contributed by atoms with Gasteiger partial charge >= 0.3 is 0 Å². The van der Waals surface area contributed by atoms with E-state index in [2.05, 4.69) is 26.1 Å². The molecule has 0 aromatic rings. The summed E-state index contributed by atoms with van der Waals surface area (Å²) in [4.78, 5) is 0. The predicted octanol–water partition coefficient (Wildman–Crippen LogP) is 2.95. The van der Waals surface area contributed by atoms with Crippen molar-refractivity contribution in [1.29, 1.82) is 0 Å². The van der Waals surface area contributed by atoms with Crippen molar-refractivity contribution in [3.8, 4) is 0 Å². The summed E-state index contributed by atoms with van der Waals surface area (Å²) in [6.45, 7) is 7.53. The van der Waals surface area contributed by atoms with Crippen molar-refractivity contribution < 1.29 is 0 Å². The van der Waals surface area contributed by atoms with E-state index in [4.69, 9.17) is 0 Å². The highest BCUT2D eigenvalue weighted by Crippen LogP contribution is 2.65. The Kier molecular flexibility index (Phi) is 1.68. The molecule has 3 saturated carbocycles. The van der Waals surface area contributed by atoms with Crippen molar-refractivity contribution in [3.05, 3.63) is 0 Å². The molecular formula is C13H23N. The Morgan fingerprint density at radius 3 is 2.21 bits per heavy atom. The molecule has 0 radical (unpaired) electrons. The predicted molar refractivity (Wildman–Crippen MR) is 59.2 cm³/mol. The molecule has 1 heteroatoms. The maximum Gasteiger partial charge on any atom is 0.0131 e. The molecule has 3 atom stereocenters. The minimum atomic E-state index is 0.583. The van der Waals surface area contributed by atoms with Crippen LogP contribution in [0.25, 0.3) is 0 Å². The van der Waals surface area contributed by atoms with Gasteiger partial charge in [-0.15, -0.1) is 0 Å². The fraction of sp³-hybridized carbons (Fsp3) is 1.00. The number of fused-ring (bicyclic) bond motifs is 2. The Bertz CT molecular complexity index is 254. The van der Waals surface area contributed by atoms with E-state index in [1.165, 1.54) is 32.1 Å². The van der Waals surface area contributed by atoms with Crippen LogP contribution in [-0.2, 0) is 0 Å². The van der Waals surface area contributed by atoms with Gasteiger partial charge in [-0.1, -0.05) is 20.8 Å². The summed E-state index contributed by atoms with van der Waals surface area (Å²) in [5, 5.41) is 3.88. The molecule has 0 spiro atoms. The first-order valence-corrected chi connectivity index (χ1v) is 6.30. The van der Waals surface area contributed by atoms with Crippen LogP contribution < -0.4 is 5.32 Å².